The Kier molecular flexibility index (Phi) is 3.73. The molecule has 0 aliphatic carbocycles. The minimum Gasteiger partial charge on any atom is -0.312 e. The number of imidazole rings is 1. The van der Waals surface area contributed by atoms with Gasteiger partial charge in [0.1, 0.15) is 11.3 Å². The number of aromatic nitrogens is 3. The third-order valence-corrected chi connectivity index (χ3v) is 6.28. The second-order valence-electron chi connectivity index (χ2n) is 6.21. The molecule has 0 N–H and O–H groups in total. The molecule has 1 atom stereocenters. The van der Waals surface area contributed by atoms with E-state index in [-0.39, 0.29) is 5.25 Å². The molecule has 21 heavy (non-hydrogen) atoms. The molecule has 1 fully saturated rings. The molecule has 1 aliphatic heterocycles. The molecule has 0 saturated carbocycles. The lowest BCUT2D eigenvalue weighted by Crippen LogP contribution is -2.21. The molecule has 2 aromatic rings. The highest BCUT2D eigenvalue weighted by molar-refractivity contribution is 7.92. The Hall–Kier alpha value is -1.43. The first kappa shape index (κ1) is 14.5. The maximum absolute atomic E-state index is 12.1. The molecule has 0 amide bonds. The normalized spacial score (nSPS) is 21.4. The molecular weight excluding hydrogens is 286 g/mol. The van der Waals surface area contributed by atoms with E-state index in [2.05, 4.69) is 28.4 Å². The highest BCUT2D eigenvalue weighted by atomic mass is 32.2. The number of nitrogens with zero attached hydrogens (tertiary/aromatic N) is 3. The fourth-order valence-electron chi connectivity index (χ4n) is 3.01. The Balaban J connectivity index is 2.01. The van der Waals surface area contributed by atoms with Crippen molar-refractivity contribution < 1.29 is 8.42 Å². The molecule has 1 aliphatic rings. The summed E-state index contributed by atoms with van der Waals surface area (Å²) in [6.45, 7) is 5.10. The van der Waals surface area contributed by atoms with Crippen LogP contribution in [-0.2, 0) is 22.8 Å². The van der Waals surface area contributed by atoms with Gasteiger partial charge in [0.05, 0.1) is 11.0 Å². The quantitative estimate of drug-likeness (QED) is 0.868. The number of pyridine rings is 1. The molecule has 5 nitrogen and oxygen atoms in total. The van der Waals surface area contributed by atoms with Crippen LogP contribution in [0.25, 0.3) is 11.2 Å². The second-order valence-corrected chi connectivity index (χ2v) is 8.61. The van der Waals surface area contributed by atoms with Crippen molar-refractivity contribution in [2.75, 3.05) is 5.75 Å². The van der Waals surface area contributed by atoms with E-state index in [0.29, 0.717) is 18.1 Å². The molecule has 0 aromatic carbocycles. The van der Waals surface area contributed by atoms with Crippen LogP contribution in [0, 0.1) is 5.92 Å². The van der Waals surface area contributed by atoms with Crippen molar-refractivity contribution in [3.05, 3.63) is 24.2 Å². The largest absolute Gasteiger partial charge is 0.312 e. The lowest BCUT2D eigenvalue weighted by Gasteiger charge is -2.13. The Morgan fingerprint density at radius 3 is 2.90 bits per heavy atom. The van der Waals surface area contributed by atoms with Crippen molar-refractivity contribution in [1.82, 2.24) is 14.5 Å². The zero-order chi connectivity index (χ0) is 15.0. The van der Waals surface area contributed by atoms with E-state index in [9.17, 15) is 8.42 Å². The Morgan fingerprint density at radius 1 is 1.43 bits per heavy atom. The first-order valence-electron chi connectivity index (χ1n) is 7.49. The molecule has 3 heterocycles. The predicted molar refractivity (Wildman–Crippen MR) is 82.9 cm³/mol. The first-order valence-corrected chi connectivity index (χ1v) is 9.20. The van der Waals surface area contributed by atoms with E-state index in [1.807, 2.05) is 12.1 Å². The van der Waals surface area contributed by atoms with E-state index >= 15 is 0 Å². The minimum absolute atomic E-state index is 0.278. The monoisotopic (exact) mass is 307 g/mol. The number of rotatable bonds is 4. The predicted octanol–water partition coefficient (Wildman–Crippen LogP) is 2.21. The van der Waals surface area contributed by atoms with Gasteiger partial charge < -0.3 is 4.57 Å². The van der Waals surface area contributed by atoms with Gasteiger partial charge in [0.2, 0.25) is 0 Å². The first-order chi connectivity index (χ1) is 9.97. The van der Waals surface area contributed by atoms with Crippen LogP contribution in [0.15, 0.2) is 18.3 Å². The van der Waals surface area contributed by atoms with Gasteiger partial charge in [-0.25, -0.2) is 18.4 Å². The van der Waals surface area contributed by atoms with Gasteiger partial charge in [-0.05, 0) is 30.9 Å². The van der Waals surface area contributed by atoms with Crippen LogP contribution in [0.4, 0.5) is 0 Å². The third-order valence-electron chi connectivity index (χ3n) is 4.00. The van der Waals surface area contributed by atoms with Gasteiger partial charge in [0.25, 0.3) is 0 Å². The number of fused-ring (bicyclic) bond motifs is 1. The van der Waals surface area contributed by atoms with Crippen LogP contribution in [0.1, 0.15) is 32.5 Å². The smallest absolute Gasteiger partial charge is 0.159 e. The summed E-state index contributed by atoms with van der Waals surface area (Å²) < 4.78 is 26.2. The van der Waals surface area contributed by atoms with Crippen LogP contribution < -0.4 is 0 Å². The van der Waals surface area contributed by atoms with E-state index in [1.54, 1.807) is 6.20 Å². The van der Waals surface area contributed by atoms with Crippen molar-refractivity contribution in [2.45, 2.75) is 44.9 Å². The number of sulfone groups is 1. The fourth-order valence-corrected chi connectivity index (χ4v) is 4.84. The van der Waals surface area contributed by atoms with Gasteiger partial charge in [-0.15, -0.1) is 0 Å². The highest BCUT2D eigenvalue weighted by Gasteiger charge is 2.32. The van der Waals surface area contributed by atoms with Crippen molar-refractivity contribution in [3.63, 3.8) is 0 Å². The molecule has 1 unspecified atom stereocenters. The number of hydrogen-bond donors (Lipinski definition) is 0. The summed E-state index contributed by atoms with van der Waals surface area (Å²) in [5, 5.41) is -0.278. The van der Waals surface area contributed by atoms with Gasteiger partial charge in [-0.2, -0.15) is 0 Å². The van der Waals surface area contributed by atoms with Gasteiger partial charge in [0, 0.05) is 19.2 Å². The lowest BCUT2D eigenvalue weighted by atomic mass is 10.2. The average molecular weight is 307 g/mol. The van der Waals surface area contributed by atoms with Crippen LogP contribution in [0.5, 0.6) is 0 Å². The molecule has 1 saturated heterocycles. The highest BCUT2D eigenvalue weighted by Crippen LogP contribution is 2.25. The van der Waals surface area contributed by atoms with E-state index in [0.717, 1.165) is 36.4 Å². The van der Waals surface area contributed by atoms with Crippen molar-refractivity contribution in [1.29, 1.82) is 0 Å². The van der Waals surface area contributed by atoms with Gasteiger partial charge in [-0.1, -0.05) is 13.8 Å². The lowest BCUT2D eigenvalue weighted by molar-refractivity contribution is 0.509. The van der Waals surface area contributed by atoms with Crippen LogP contribution in [-0.4, -0.2) is 34.0 Å². The van der Waals surface area contributed by atoms with E-state index < -0.39 is 9.84 Å². The minimum atomic E-state index is -2.94. The van der Waals surface area contributed by atoms with Crippen LogP contribution in [0.2, 0.25) is 0 Å². The van der Waals surface area contributed by atoms with E-state index in [4.69, 9.17) is 0 Å². The fraction of sp³-hybridized carbons (Fsp3) is 0.600. The SMILES string of the molecule is CC(C)Cn1c(CC2CCCS2(=O)=O)nc2cccnc21. The standard InChI is InChI=1S/C15H21N3O2S/c1-11(2)10-18-14(9-12-5-4-8-21(12,19)20)17-13-6-3-7-16-15(13)18/h3,6-7,11-12H,4-5,8-10H2,1-2H3. The van der Waals surface area contributed by atoms with Crippen molar-refractivity contribution in [2.24, 2.45) is 5.92 Å². The summed E-state index contributed by atoms with van der Waals surface area (Å²) in [4.78, 5) is 9.05. The molecule has 114 valence electrons. The summed E-state index contributed by atoms with van der Waals surface area (Å²) in [6, 6.07) is 3.80. The molecule has 0 bridgehead atoms. The van der Waals surface area contributed by atoms with Gasteiger partial charge in [-0.3, -0.25) is 0 Å². The zero-order valence-electron chi connectivity index (χ0n) is 12.5. The Morgan fingerprint density at radius 2 is 2.24 bits per heavy atom. The average Bonchev–Trinajstić information content (AvgIpc) is 2.92. The summed E-state index contributed by atoms with van der Waals surface area (Å²) in [5.74, 6) is 1.64. The van der Waals surface area contributed by atoms with Crippen LogP contribution >= 0.6 is 0 Å². The van der Waals surface area contributed by atoms with Crippen LogP contribution in [0.3, 0.4) is 0 Å². The van der Waals surface area contributed by atoms with Crippen molar-refractivity contribution >= 4 is 21.0 Å². The van der Waals surface area contributed by atoms with E-state index in [1.165, 1.54) is 0 Å². The molecule has 2 aromatic heterocycles. The Labute approximate surface area is 125 Å². The molecular formula is C15H21N3O2S. The topological polar surface area (TPSA) is 64.8 Å². The number of hydrogen-bond acceptors (Lipinski definition) is 4. The molecule has 0 radical (unpaired) electrons. The summed E-state index contributed by atoms with van der Waals surface area (Å²) >= 11 is 0. The summed E-state index contributed by atoms with van der Waals surface area (Å²) in [6.07, 6.45) is 3.79. The summed E-state index contributed by atoms with van der Waals surface area (Å²) in [7, 11) is -2.94. The Bertz CT molecular complexity index is 749. The molecule has 0 spiro atoms. The van der Waals surface area contributed by atoms with Crippen molar-refractivity contribution in [3.8, 4) is 0 Å². The molecule has 3 rings (SSSR count). The zero-order valence-corrected chi connectivity index (χ0v) is 13.3. The van der Waals surface area contributed by atoms with Gasteiger partial charge in [0.15, 0.2) is 15.5 Å². The maximum atomic E-state index is 12.1. The van der Waals surface area contributed by atoms with Gasteiger partial charge >= 0.3 is 0 Å². The maximum Gasteiger partial charge on any atom is 0.159 e. The third kappa shape index (κ3) is 2.81. The second kappa shape index (κ2) is 5.40. The molecule has 6 heteroatoms. The summed E-state index contributed by atoms with van der Waals surface area (Å²) in [5.41, 5.74) is 1.71.